The third-order valence-corrected chi connectivity index (χ3v) is 2.27. The number of amides is 1. The fourth-order valence-corrected chi connectivity index (χ4v) is 1.30. The normalized spacial score (nSPS) is 12.3. The van der Waals surface area contributed by atoms with Crippen LogP contribution in [-0.2, 0) is 14.3 Å². The summed E-state index contributed by atoms with van der Waals surface area (Å²) in [6.07, 6.45) is 1.18. The molecule has 0 aromatic rings. The van der Waals surface area contributed by atoms with Gasteiger partial charge in [-0.2, -0.15) is 0 Å². The molecule has 94 valence electrons. The zero-order chi connectivity index (χ0) is 12.6. The second kappa shape index (κ2) is 8.10. The van der Waals surface area contributed by atoms with Crippen molar-refractivity contribution in [3.8, 4) is 0 Å². The second-order valence-electron chi connectivity index (χ2n) is 4.02. The largest absolute Gasteiger partial charge is 0.467 e. The molecule has 0 aliphatic heterocycles. The minimum Gasteiger partial charge on any atom is -0.467 e. The van der Waals surface area contributed by atoms with E-state index in [0.29, 0.717) is 6.42 Å². The molecule has 0 fully saturated rings. The highest BCUT2D eigenvalue weighted by molar-refractivity contribution is 5.84. The first kappa shape index (κ1) is 14.9. The average molecular weight is 230 g/mol. The van der Waals surface area contributed by atoms with Gasteiger partial charge < -0.3 is 15.4 Å². The minimum atomic E-state index is -0.549. The highest BCUT2D eigenvalue weighted by Crippen LogP contribution is 2.04. The Kier molecular flexibility index (Phi) is 7.54. The molecular formula is C11H22N2O3. The molecule has 0 spiro atoms. The molecule has 0 aliphatic carbocycles. The third-order valence-electron chi connectivity index (χ3n) is 2.27. The summed E-state index contributed by atoms with van der Waals surface area (Å²) in [6.45, 7) is 4.53. The van der Waals surface area contributed by atoms with E-state index in [4.69, 9.17) is 0 Å². The van der Waals surface area contributed by atoms with Gasteiger partial charge in [0.2, 0.25) is 5.91 Å². The smallest absolute Gasteiger partial charge is 0.328 e. The molecule has 0 aromatic carbocycles. The third kappa shape index (κ3) is 5.70. The molecule has 0 aliphatic rings. The predicted octanol–water partition coefficient (Wildman–Crippen LogP) is 0.300. The van der Waals surface area contributed by atoms with E-state index in [2.05, 4.69) is 15.4 Å². The van der Waals surface area contributed by atoms with Gasteiger partial charge in [-0.15, -0.1) is 0 Å². The first-order valence-electron chi connectivity index (χ1n) is 5.54. The topological polar surface area (TPSA) is 67.4 Å². The summed E-state index contributed by atoms with van der Waals surface area (Å²) in [7, 11) is 3.16. The van der Waals surface area contributed by atoms with Crippen molar-refractivity contribution in [1.82, 2.24) is 10.6 Å². The molecule has 0 saturated carbocycles. The Morgan fingerprint density at radius 3 is 2.38 bits per heavy atom. The summed E-state index contributed by atoms with van der Waals surface area (Å²) in [6, 6.07) is -0.549. The average Bonchev–Trinajstić information content (AvgIpc) is 2.25. The van der Waals surface area contributed by atoms with E-state index in [-0.39, 0.29) is 11.8 Å². The lowest BCUT2D eigenvalue weighted by Crippen LogP contribution is -2.45. The van der Waals surface area contributed by atoms with E-state index in [1.807, 2.05) is 20.9 Å². The van der Waals surface area contributed by atoms with Crippen LogP contribution in [0.3, 0.4) is 0 Å². The fraction of sp³-hybridized carbons (Fsp3) is 0.818. The quantitative estimate of drug-likeness (QED) is 0.487. The number of methoxy groups -OCH3 is 1. The highest BCUT2D eigenvalue weighted by Gasteiger charge is 2.24. The summed E-state index contributed by atoms with van der Waals surface area (Å²) in [5.74, 6) is -0.475. The number of carbonyl (C=O) groups is 2. The first-order chi connectivity index (χ1) is 7.52. The van der Waals surface area contributed by atoms with E-state index in [1.54, 1.807) is 0 Å². The minimum absolute atomic E-state index is 0.0284. The van der Waals surface area contributed by atoms with Gasteiger partial charge in [0.1, 0.15) is 6.04 Å². The summed E-state index contributed by atoms with van der Waals surface area (Å²) in [5.41, 5.74) is 0. The zero-order valence-corrected chi connectivity index (χ0v) is 10.5. The van der Waals surface area contributed by atoms with Gasteiger partial charge in [-0.3, -0.25) is 4.79 Å². The van der Waals surface area contributed by atoms with Gasteiger partial charge >= 0.3 is 5.97 Å². The number of ether oxygens (including phenoxy) is 1. The van der Waals surface area contributed by atoms with Crippen molar-refractivity contribution < 1.29 is 14.3 Å². The van der Waals surface area contributed by atoms with E-state index >= 15 is 0 Å². The van der Waals surface area contributed by atoms with Crippen LogP contribution < -0.4 is 10.6 Å². The van der Waals surface area contributed by atoms with Gasteiger partial charge in [-0.05, 0) is 25.9 Å². The maximum absolute atomic E-state index is 11.5. The van der Waals surface area contributed by atoms with E-state index < -0.39 is 12.0 Å². The lowest BCUT2D eigenvalue weighted by atomic mass is 10.0. The number of rotatable bonds is 7. The Hall–Kier alpha value is -1.10. The van der Waals surface area contributed by atoms with Crippen LogP contribution in [0.5, 0.6) is 0 Å². The molecule has 0 heterocycles. The molecule has 0 radical (unpaired) electrons. The van der Waals surface area contributed by atoms with Crippen LogP contribution in [-0.4, -0.2) is 38.6 Å². The number of hydrogen-bond donors (Lipinski definition) is 2. The fourth-order valence-electron chi connectivity index (χ4n) is 1.30. The van der Waals surface area contributed by atoms with Crippen LogP contribution in [0.2, 0.25) is 0 Å². The Bertz CT molecular complexity index is 229. The second-order valence-corrected chi connectivity index (χ2v) is 4.02. The summed E-state index contributed by atoms with van der Waals surface area (Å²) in [5, 5.41) is 5.65. The molecule has 0 aromatic heterocycles. The molecule has 0 saturated heterocycles. The standard InChI is InChI=1S/C11H22N2O3/c1-8(2)10(11(15)16-4)13-9(14)6-5-7-12-3/h8,10,12H,5-7H2,1-4H3,(H,13,14)/t10-/m0/s1. The van der Waals surface area contributed by atoms with Gasteiger partial charge in [0.05, 0.1) is 7.11 Å². The van der Waals surface area contributed by atoms with Gasteiger partial charge in [0.25, 0.3) is 0 Å². The molecule has 16 heavy (non-hydrogen) atoms. The molecule has 0 bridgehead atoms. The van der Waals surface area contributed by atoms with Gasteiger partial charge in [-0.25, -0.2) is 4.79 Å². The molecule has 5 heteroatoms. The monoisotopic (exact) mass is 230 g/mol. The van der Waals surface area contributed by atoms with Crippen LogP contribution in [0.25, 0.3) is 0 Å². The van der Waals surface area contributed by atoms with Crippen LogP contribution in [0.15, 0.2) is 0 Å². The Morgan fingerprint density at radius 2 is 1.94 bits per heavy atom. The number of nitrogens with one attached hydrogen (secondary N) is 2. The lowest BCUT2D eigenvalue weighted by molar-refractivity contribution is -0.146. The van der Waals surface area contributed by atoms with Gasteiger partial charge in [-0.1, -0.05) is 13.8 Å². The van der Waals surface area contributed by atoms with Crippen LogP contribution in [0, 0.1) is 5.92 Å². The SMILES string of the molecule is CNCCCC(=O)N[C@H](C(=O)OC)C(C)C. The van der Waals surface area contributed by atoms with Crippen LogP contribution in [0.4, 0.5) is 0 Å². The van der Waals surface area contributed by atoms with Crippen molar-refractivity contribution in [2.24, 2.45) is 5.92 Å². The van der Waals surface area contributed by atoms with E-state index in [0.717, 1.165) is 13.0 Å². The molecule has 0 rings (SSSR count). The summed E-state index contributed by atoms with van der Waals surface area (Å²) >= 11 is 0. The first-order valence-corrected chi connectivity index (χ1v) is 5.54. The molecule has 2 N–H and O–H groups in total. The van der Waals surface area contributed by atoms with Gasteiger partial charge in [0, 0.05) is 6.42 Å². The number of carbonyl (C=O) groups excluding carboxylic acids is 2. The highest BCUT2D eigenvalue weighted by atomic mass is 16.5. The van der Waals surface area contributed by atoms with Crippen molar-refractivity contribution in [1.29, 1.82) is 0 Å². The van der Waals surface area contributed by atoms with Crippen LogP contribution >= 0.6 is 0 Å². The molecule has 1 atom stereocenters. The van der Waals surface area contributed by atoms with Crippen molar-refractivity contribution in [2.45, 2.75) is 32.7 Å². The van der Waals surface area contributed by atoms with E-state index in [1.165, 1.54) is 7.11 Å². The maximum atomic E-state index is 11.5. The van der Waals surface area contributed by atoms with E-state index in [9.17, 15) is 9.59 Å². The number of hydrogen-bond acceptors (Lipinski definition) is 4. The van der Waals surface area contributed by atoms with Gasteiger partial charge in [0.15, 0.2) is 0 Å². The molecule has 1 amide bonds. The maximum Gasteiger partial charge on any atom is 0.328 e. The zero-order valence-electron chi connectivity index (χ0n) is 10.5. The molecular weight excluding hydrogens is 208 g/mol. The van der Waals surface area contributed by atoms with Crippen molar-refractivity contribution >= 4 is 11.9 Å². The molecule has 5 nitrogen and oxygen atoms in total. The number of esters is 1. The Morgan fingerprint density at radius 1 is 1.31 bits per heavy atom. The Labute approximate surface area is 96.9 Å². The summed E-state index contributed by atoms with van der Waals surface area (Å²) < 4.78 is 4.63. The van der Waals surface area contributed by atoms with Crippen molar-refractivity contribution in [3.63, 3.8) is 0 Å². The molecule has 0 unspecified atom stereocenters. The van der Waals surface area contributed by atoms with Crippen molar-refractivity contribution in [3.05, 3.63) is 0 Å². The summed E-state index contributed by atoms with van der Waals surface area (Å²) in [4.78, 5) is 22.9. The Balaban J connectivity index is 4.09. The van der Waals surface area contributed by atoms with Crippen LogP contribution in [0.1, 0.15) is 26.7 Å². The van der Waals surface area contributed by atoms with Crippen molar-refractivity contribution in [2.75, 3.05) is 20.7 Å². The predicted molar refractivity (Wildman–Crippen MR) is 61.9 cm³/mol. The lowest BCUT2D eigenvalue weighted by Gasteiger charge is -2.19.